The average molecular weight is 300 g/mol. The quantitative estimate of drug-likeness (QED) is 0.718. The van der Waals surface area contributed by atoms with E-state index in [4.69, 9.17) is 0 Å². The van der Waals surface area contributed by atoms with Gasteiger partial charge in [0.1, 0.15) is 0 Å². The lowest BCUT2D eigenvalue weighted by molar-refractivity contribution is 0.121. The predicted molar refractivity (Wildman–Crippen MR) is 82.2 cm³/mol. The smallest absolute Gasteiger partial charge is 0.229 e. The summed E-state index contributed by atoms with van der Waals surface area (Å²) in [6, 6.07) is 7.05. The van der Waals surface area contributed by atoms with E-state index in [1.54, 1.807) is 24.3 Å². The minimum absolute atomic E-state index is 0.0243. The zero-order chi connectivity index (χ0) is 15.3. The topological polar surface area (TPSA) is 78.4 Å². The van der Waals surface area contributed by atoms with Gasteiger partial charge >= 0.3 is 0 Å². The number of aliphatic hydroxyl groups is 1. The average Bonchev–Trinajstić information content (AvgIpc) is 2.34. The molecule has 0 unspecified atom stereocenters. The molecular weight excluding hydrogens is 276 g/mol. The highest BCUT2D eigenvalue weighted by Crippen LogP contribution is 2.21. The third-order valence-corrected chi connectivity index (χ3v) is 3.53. The lowest BCUT2D eigenvalue weighted by Gasteiger charge is -2.25. The second kappa shape index (κ2) is 7.06. The fourth-order valence-electron chi connectivity index (χ4n) is 2.06. The van der Waals surface area contributed by atoms with Gasteiger partial charge in [0.15, 0.2) is 0 Å². The Morgan fingerprint density at radius 2 is 1.75 bits per heavy atom. The van der Waals surface area contributed by atoms with Crippen molar-refractivity contribution in [3.05, 3.63) is 29.8 Å². The van der Waals surface area contributed by atoms with Gasteiger partial charge in [-0.2, -0.15) is 0 Å². The van der Waals surface area contributed by atoms with Gasteiger partial charge in [0.25, 0.3) is 0 Å². The molecule has 1 rings (SSSR count). The van der Waals surface area contributed by atoms with Crippen molar-refractivity contribution in [2.45, 2.75) is 45.4 Å². The molecule has 114 valence electrons. The molecule has 0 aliphatic rings. The summed E-state index contributed by atoms with van der Waals surface area (Å²) in [6.45, 7) is 6.09. The van der Waals surface area contributed by atoms with E-state index in [1.807, 2.05) is 20.8 Å². The summed E-state index contributed by atoms with van der Waals surface area (Å²) >= 11 is 0. The van der Waals surface area contributed by atoms with Gasteiger partial charge in [0.2, 0.25) is 10.0 Å². The maximum Gasteiger partial charge on any atom is 0.229 e. The summed E-state index contributed by atoms with van der Waals surface area (Å²) in [7, 11) is -3.27. The molecule has 0 amide bonds. The van der Waals surface area contributed by atoms with Gasteiger partial charge in [-0.1, -0.05) is 32.9 Å². The Morgan fingerprint density at radius 1 is 1.20 bits per heavy atom. The van der Waals surface area contributed by atoms with Crippen molar-refractivity contribution in [1.29, 1.82) is 0 Å². The summed E-state index contributed by atoms with van der Waals surface area (Å²) in [5.74, 6) is 0. The van der Waals surface area contributed by atoms with Crippen LogP contribution in [-0.2, 0) is 10.0 Å². The number of hydrogen-bond donors (Lipinski definition) is 3. The summed E-state index contributed by atoms with van der Waals surface area (Å²) in [4.78, 5) is 0. The van der Waals surface area contributed by atoms with Gasteiger partial charge in [0.05, 0.1) is 12.4 Å². The van der Waals surface area contributed by atoms with Crippen LogP contribution >= 0.6 is 0 Å². The largest absolute Gasteiger partial charge is 0.387 e. The maximum atomic E-state index is 11.1. The van der Waals surface area contributed by atoms with Crippen molar-refractivity contribution >= 4 is 15.7 Å². The molecule has 0 aliphatic heterocycles. The lowest BCUT2D eigenvalue weighted by atomic mass is 9.99. The molecule has 0 aliphatic carbocycles. The molecule has 1 aromatic rings. The van der Waals surface area contributed by atoms with Crippen molar-refractivity contribution in [1.82, 2.24) is 5.32 Å². The molecule has 0 saturated heterocycles. The van der Waals surface area contributed by atoms with Crippen molar-refractivity contribution in [2.75, 3.05) is 11.0 Å². The SMILES string of the molecule is CC[C@H](NC(C)C)[C@H](O)c1ccc(NS(C)(=O)=O)cc1. The highest BCUT2D eigenvalue weighted by Gasteiger charge is 2.19. The van der Waals surface area contributed by atoms with Crippen molar-refractivity contribution in [3.8, 4) is 0 Å². The van der Waals surface area contributed by atoms with E-state index in [0.29, 0.717) is 11.7 Å². The Morgan fingerprint density at radius 3 is 2.15 bits per heavy atom. The molecule has 0 saturated carbocycles. The number of nitrogens with one attached hydrogen (secondary N) is 2. The molecule has 20 heavy (non-hydrogen) atoms. The van der Waals surface area contributed by atoms with Gasteiger partial charge in [-0.05, 0) is 24.1 Å². The van der Waals surface area contributed by atoms with E-state index in [2.05, 4.69) is 10.0 Å². The third-order valence-electron chi connectivity index (χ3n) is 2.92. The van der Waals surface area contributed by atoms with Crippen LogP contribution in [0.15, 0.2) is 24.3 Å². The van der Waals surface area contributed by atoms with E-state index >= 15 is 0 Å². The first-order chi connectivity index (χ1) is 9.23. The predicted octanol–water partition coefficient (Wildman–Crippen LogP) is 1.87. The van der Waals surface area contributed by atoms with Gasteiger partial charge in [-0.25, -0.2) is 8.42 Å². The third kappa shape index (κ3) is 5.48. The highest BCUT2D eigenvalue weighted by molar-refractivity contribution is 7.92. The van der Waals surface area contributed by atoms with Gasteiger partial charge in [-0.3, -0.25) is 4.72 Å². The van der Waals surface area contributed by atoms with Crippen LogP contribution in [0.1, 0.15) is 38.9 Å². The fraction of sp³-hybridized carbons (Fsp3) is 0.571. The number of benzene rings is 1. The highest BCUT2D eigenvalue weighted by atomic mass is 32.2. The first kappa shape index (κ1) is 16.9. The lowest BCUT2D eigenvalue weighted by Crippen LogP contribution is -2.38. The molecular formula is C14H24N2O3S. The number of anilines is 1. The van der Waals surface area contributed by atoms with Gasteiger partial charge in [0, 0.05) is 17.8 Å². The summed E-state index contributed by atoms with van der Waals surface area (Å²) in [6.07, 6.45) is 1.30. The Kier molecular flexibility index (Phi) is 5.98. The zero-order valence-corrected chi connectivity index (χ0v) is 13.2. The van der Waals surface area contributed by atoms with Crippen LogP contribution in [0.4, 0.5) is 5.69 Å². The summed E-state index contributed by atoms with van der Waals surface area (Å²) in [5.41, 5.74) is 1.26. The number of aliphatic hydroxyl groups excluding tert-OH is 1. The van der Waals surface area contributed by atoms with E-state index in [1.165, 1.54) is 0 Å². The van der Waals surface area contributed by atoms with Crippen LogP contribution in [0.5, 0.6) is 0 Å². The first-order valence-corrected chi connectivity index (χ1v) is 8.64. The number of sulfonamides is 1. The summed E-state index contributed by atoms with van der Waals surface area (Å²) in [5, 5.41) is 13.7. The van der Waals surface area contributed by atoms with Gasteiger partial charge < -0.3 is 10.4 Å². The molecule has 0 radical (unpaired) electrons. The van der Waals surface area contributed by atoms with Crippen LogP contribution in [0.3, 0.4) is 0 Å². The van der Waals surface area contributed by atoms with Crippen LogP contribution in [0, 0.1) is 0 Å². The first-order valence-electron chi connectivity index (χ1n) is 6.74. The molecule has 0 spiro atoms. The van der Waals surface area contributed by atoms with E-state index in [-0.39, 0.29) is 6.04 Å². The molecule has 3 N–H and O–H groups in total. The normalized spacial score (nSPS) is 15.1. The Labute approximate surface area is 121 Å². The summed E-state index contributed by atoms with van der Waals surface area (Å²) < 4.78 is 24.6. The second-order valence-electron chi connectivity index (χ2n) is 5.28. The van der Waals surface area contributed by atoms with E-state index in [9.17, 15) is 13.5 Å². The van der Waals surface area contributed by atoms with Crippen LogP contribution in [0.2, 0.25) is 0 Å². The standard InChI is InChI=1S/C14H24N2O3S/c1-5-13(15-10(2)3)14(17)11-6-8-12(9-7-11)16-20(4,18)19/h6-10,13-17H,5H2,1-4H3/t13-,14+/m0/s1. The van der Waals surface area contributed by atoms with E-state index < -0.39 is 16.1 Å². The Bertz CT molecular complexity index is 512. The van der Waals surface area contributed by atoms with Crippen LogP contribution in [-0.4, -0.2) is 31.9 Å². The number of rotatable bonds is 7. The van der Waals surface area contributed by atoms with Crippen LogP contribution in [0.25, 0.3) is 0 Å². The molecule has 0 fully saturated rings. The molecule has 0 bridgehead atoms. The Balaban J connectivity index is 2.81. The maximum absolute atomic E-state index is 11.1. The monoisotopic (exact) mass is 300 g/mol. The minimum atomic E-state index is -3.27. The molecule has 1 aromatic carbocycles. The second-order valence-corrected chi connectivity index (χ2v) is 7.03. The minimum Gasteiger partial charge on any atom is -0.387 e. The Hall–Kier alpha value is -1.11. The molecule has 5 nitrogen and oxygen atoms in total. The molecule has 6 heteroatoms. The van der Waals surface area contributed by atoms with Crippen molar-refractivity contribution < 1.29 is 13.5 Å². The molecule has 0 aromatic heterocycles. The van der Waals surface area contributed by atoms with Crippen LogP contribution < -0.4 is 10.0 Å². The van der Waals surface area contributed by atoms with E-state index in [0.717, 1.165) is 18.2 Å². The fourth-order valence-corrected chi connectivity index (χ4v) is 2.62. The molecule has 2 atom stereocenters. The number of hydrogen-bond acceptors (Lipinski definition) is 4. The van der Waals surface area contributed by atoms with Gasteiger partial charge in [-0.15, -0.1) is 0 Å². The molecule has 0 heterocycles. The zero-order valence-electron chi connectivity index (χ0n) is 12.4. The van der Waals surface area contributed by atoms with Crippen molar-refractivity contribution in [3.63, 3.8) is 0 Å². The van der Waals surface area contributed by atoms with Crippen molar-refractivity contribution in [2.24, 2.45) is 0 Å².